The Labute approximate surface area is 185 Å². The zero-order valence-electron chi connectivity index (χ0n) is 17.4. The molecule has 4 rings (SSSR count). The number of aromatic nitrogens is 4. The second kappa shape index (κ2) is 9.61. The number of rotatable bonds is 8. The summed E-state index contributed by atoms with van der Waals surface area (Å²) in [5, 5.41) is 9.45. The first kappa shape index (κ1) is 20.9. The van der Waals surface area contributed by atoms with E-state index in [0.29, 0.717) is 18.2 Å². The number of nitrogens with zero attached hydrogens (tertiary/aromatic N) is 5. The van der Waals surface area contributed by atoms with Gasteiger partial charge in [-0.2, -0.15) is 0 Å². The molecule has 0 spiro atoms. The van der Waals surface area contributed by atoms with Crippen LogP contribution in [0.5, 0.6) is 0 Å². The van der Waals surface area contributed by atoms with E-state index in [4.69, 9.17) is 4.42 Å². The van der Waals surface area contributed by atoms with E-state index in [2.05, 4.69) is 27.3 Å². The van der Waals surface area contributed by atoms with Crippen molar-refractivity contribution < 1.29 is 9.21 Å². The highest BCUT2D eigenvalue weighted by atomic mass is 32.2. The number of carbonyl (C=O) groups is 1. The second-order valence-electron chi connectivity index (χ2n) is 7.17. The predicted octanol–water partition coefficient (Wildman–Crippen LogP) is 4.04. The lowest BCUT2D eigenvalue weighted by molar-refractivity contribution is -0.127. The van der Waals surface area contributed by atoms with E-state index >= 15 is 0 Å². The molecule has 4 aromatic rings. The van der Waals surface area contributed by atoms with Gasteiger partial charge in [0.25, 0.3) is 0 Å². The lowest BCUT2D eigenvalue weighted by atomic mass is 10.2. The fraction of sp³-hybridized carbons (Fsp3) is 0.217. The number of pyridine rings is 1. The predicted molar refractivity (Wildman–Crippen MR) is 119 cm³/mol. The molecule has 0 N–H and O–H groups in total. The minimum Gasteiger partial charge on any atom is -0.464 e. The minimum absolute atomic E-state index is 0.00348. The molecule has 158 valence electrons. The van der Waals surface area contributed by atoms with E-state index < -0.39 is 0 Å². The summed E-state index contributed by atoms with van der Waals surface area (Å²) in [4.78, 5) is 18.5. The molecule has 0 bridgehead atoms. The normalized spacial score (nSPS) is 10.9. The van der Waals surface area contributed by atoms with Crippen molar-refractivity contribution in [1.82, 2.24) is 24.6 Å². The first-order chi connectivity index (χ1) is 15.1. The molecule has 0 unspecified atom stereocenters. The van der Waals surface area contributed by atoms with Gasteiger partial charge in [-0.15, -0.1) is 10.2 Å². The monoisotopic (exact) mass is 433 g/mol. The standard InChI is InChI=1S/C23H23N5O2S/c1-17-10-11-20(30-17)15-27(2)21(29)16-31-23-26-25-22(19-9-6-12-24-13-19)28(23)14-18-7-4-3-5-8-18/h3-13H,14-16H2,1-2H3. The summed E-state index contributed by atoms with van der Waals surface area (Å²) < 4.78 is 7.60. The zero-order valence-corrected chi connectivity index (χ0v) is 18.2. The summed E-state index contributed by atoms with van der Waals surface area (Å²) in [5.74, 6) is 2.59. The van der Waals surface area contributed by atoms with Crippen LogP contribution in [0.15, 0.2) is 76.6 Å². The molecular weight excluding hydrogens is 410 g/mol. The van der Waals surface area contributed by atoms with Crippen LogP contribution < -0.4 is 0 Å². The van der Waals surface area contributed by atoms with Gasteiger partial charge in [0, 0.05) is 25.0 Å². The van der Waals surface area contributed by atoms with E-state index in [1.54, 1.807) is 24.3 Å². The van der Waals surface area contributed by atoms with Crippen molar-refractivity contribution in [2.75, 3.05) is 12.8 Å². The number of hydrogen-bond acceptors (Lipinski definition) is 6. The van der Waals surface area contributed by atoms with E-state index in [-0.39, 0.29) is 11.7 Å². The molecule has 0 atom stereocenters. The van der Waals surface area contributed by atoms with Crippen LogP contribution in [0.4, 0.5) is 0 Å². The minimum atomic E-state index is -0.00348. The molecule has 0 saturated heterocycles. The lowest BCUT2D eigenvalue weighted by Gasteiger charge is -2.15. The molecule has 3 aromatic heterocycles. The van der Waals surface area contributed by atoms with Gasteiger partial charge in [0.15, 0.2) is 11.0 Å². The van der Waals surface area contributed by atoms with E-state index in [1.807, 2.05) is 54.0 Å². The maximum absolute atomic E-state index is 12.7. The maximum Gasteiger partial charge on any atom is 0.233 e. The van der Waals surface area contributed by atoms with Crippen molar-refractivity contribution in [3.63, 3.8) is 0 Å². The summed E-state index contributed by atoms with van der Waals surface area (Å²) in [5.41, 5.74) is 2.01. The van der Waals surface area contributed by atoms with Gasteiger partial charge in [-0.25, -0.2) is 0 Å². The quantitative estimate of drug-likeness (QED) is 0.390. The SMILES string of the molecule is Cc1ccc(CN(C)C(=O)CSc2nnc(-c3cccnc3)n2Cc2ccccc2)o1. The number of thioether (sulfide) groups is 1. The highest BCUT2D eigenvalue weighted by Gasteiger charge is 2.18. The van der Waals surface area contributed by atoms with Gasteiger partial charge in [-0.3, -0.25) is 14.3 Å². The Kier molecular flexibility index (Phi) is 6.47. The maximum atomic E-state index is 12.7. The number of benzene rings is 1. The Bertz CT molecular complexity index is 1140. The highest BCUT2D eigenvalue weighted by molar-refractivity contribution is 7.99. The van der Waals surface area contributed by atoms with Gasteiger partial charge in [0.2, 0.25) is 5.91 Å². The number of carbonyl (C=O) groups excluding carboxylic acids is 1. The van der Waals surface area contributed by atoms with Gasteiger partial charge in [0.05, 0.1) is 18.8 Å². The van der Waals surface area contributed by atoms with Crippen LogP contribution in [0.2, 0.25) is 0 Å². The molecule has 0 saturated carbocycles. The van der Waals surface area contributed by atoms with Crippen LogP contribution in [0.25, 0.3) is 11.4 Å². The molecule has 31 heavy (non-hydrogen) atoms. The van der Waals surface area contributed by atoms with E-state index in [0.717, 1.165) is 28.5 Å². The fourth-order valence-corrected chi connectivity index (χ4v) is 4.02. The van der Waals surface area contributed by atoms with Crippen LogP contribution in [-0.2, 0) is 17.9 Å². The highest BCUT2D eigenvalue weighted by Crippen LogP contribution is 2.25. The van der Waals surface area contributed by atoms with E-state index in [9.17, 15) is 4.79 Å². The molecule has 3 heterocycles. The number of aryl methyl sites for hydroxylation is 1. The molecular formula is C23H23N5O2S. The summed E-state index contributed by atoms with van der Waals surface area (Å²) in [6.45, 7) is 2.93. The van der Waals surface area contributed by atoms with E-state index in [1.165, 1.54) is 11.8 Å². The third-order valence-electron chi connectivity index (χ3n) is 4.76. The first-order valence-corrected chi connectivity index (χ1v) is 10.9. The molecule has 0 radical (unpaired) electrons. The average molecular weight is 434 g/mol. The Balaban J connectivity index is 1.50. The number of amides is 1. The molecule has 1 amide bonds. The molecule has 0 aliphatic carbocycles. The van der Waals surface area contributed by atoms with Crippen LogP contribution in [0, 0.1) is 6.92 Å². The first-order valence-electron chi connectivity index (χ1n) is 9.90. The van der Waals surface area contributed by atoms with Crippen molar-refractivity contribution in [2.24, 2.45) is 0 Å². The Morgan fingerprint density at radius 3 is 2.65 bits per heavy atom. The van der Waals surface area contributed by atoms with Crippen molar-refractivity contribution in [1.29, 1.82) is 0 Å². The second-order valence-corrected chi connectivity index (χ2v) is 8.11. The molecule has 0 aliphatic rings. The topological polar surface area (TPSA) is 77.1 Å². The average Bonchev–Trinajstić information content (AvgIpc) is 3.39. The fourth-order valence-electron chi connectivity index (χ4n) is 3.14. The van der Waals surface area contributed by atoms with Crippen molar-refractivity contribution in [3.8, 4) is 11.4 Å². The Hall–Kier alpha value is -3.39. The van der Waals surface area contributed by atoms with Crippen molar-refractivity contribution in [3.05, 3.63) is 84.1 Å². The summed E-state index contributed by atoms with van der Waals surface area (Å²) >= 11 is 1.38. The van der Waals surface area contributed by atoms with Crippen LogP contribution in [0.3, 0.4) is 0 Å². The number of furan rings is 1. The van der Waals surface area contributed by atoms with Gasteiger partial charge >= 0.3 is 0 Å². The molecule has 8 heteroatoms. The van der Waals surface area contributed by atoms with Crippen molar-refractivity contribution >= 4 is 17.7 Å². The smallest absolute Gasteiger partial charge is 0.233 e. The van der Waals surface area contributed by atoms with Crippen LogP contribution in [0.1, 0.15) is 17.1 Å². The molecule has 0 aliphatic heterocycles. The third kappa shape index (κ3) is 5.21. The molecule has 0 fully saturated rings. The third-order valence-corrected chi connectivity index (χ3v) is 5.71. The van der Waals surface area contributed by atoms with Crippen LogP contribution in [-0.4, -0.2) is 43.4 Å². The van der Waals surface area contributed by atoms with Gasteiger partial charge < -0.3 is 9.32 Å². The Morgan fingerprint density at radius 1 is 1.10 bits per heavy atom. The largest absolute Gasteiger partial charge is 0.464 e. The van der Waals surface area contributed by atoms with Gasteiger partial charge in [-0.1, -0.05) is 42.1 Å². The van der Waals surface area contributed by atoms with Gasteiger partial charge in [-0.05, 0) is 36.8 Å². The molecule has 1 aromatic carbocycles. The summed E-state index contributed by atoms with van der Waals surface area (Å²) in [7, 11) is 1.77. The number of hydrogen-bond donors (Lipinski definition) is 0. The van der Waals surface area contributed by atoms with Crippen molar-refractivity contribution in [2.45, 2.75) is 25.2 Å². The summed E-state index contributed by atoms with van der Waals surface area (Å²) in [6.07, 6.45) is 3.50. The lowest BCUT2D eigenvalue weighted by Crippen LogP contribution is -2.27. The van der Waals surface area contributed by atoms with Gasteiger partial charge in [0.1, 0.15) is 11.5 Å². The Morgan fingerprint density at radius 2 is 1.94 bits per heavy atom. The zero-order chi connectivity index (χ0) is 21.6. The molecule has 7 nitrogen and oxygen atoms in total. The van der Waals surface area contributed by atoms with Crippen LogP contribution >= 0.6 is 11.8 Å². The summed E-state index contributed by atoms with van der Waals surface area (Å²) in [6, 6.07) is 17.7.